The van der Waals surface area contributed by atoms with Gasteiger partial charge >= 0.3 is 5.97 Å². The van der Waals surface area contributed by atoms with E-state index in [1.54, 1.807) is 27.9 Å². The molecule has 1 aliphatic heterocycles. The number of aliphatic hydroxyl groups excluding tert-OH is 1. The second-order valence-electron chi connectivity index (χ2n) is 11.0. The predicted octanol–water partition coefficient (Wildman–Crippen LogP) is 3.60. The van der Waals surface area contributed by atoms with Gasteiger partial charge in [-0.05, 0) is 79.0 Å². The van der Waals surface area contributed by atoms with E-state index >= 15 is 0 Å². The summed E-state index contributed by atoms with van der Waals surface area (Å²) in [4.78, 5) is 12.7. The maximum atomic E-state index is 12.7. The number of carbonyl (C=O) groups is 1. The molecule has 2 rings (SSSR count). The van der Waals surface area contributed by atoms with Crippen LogP contribution < -0.4 is 4.74 Å². The molecule has 1 heterocycles. The number of carbonyl (C=O) groups excluding carboxylic acids is 1. The van der Waals surface area contributed by atoms with Crippen molar-refractivity contribution < 1.29 is 38.7 Å². The highest BCUT2D eigenvalue weighted by atomic mass is 16.8. The molecule has 8 heteroatoms. The molecule has 0 saturated carbocycles. The lowest BCUT2D eigenvalue weighted by Gasteiger charge is -2.37. The minimum Gasteiger partial charge on any atom is -0.497 e. The Labute approximate surface area is 203 Å². The van der Waals surface area contributed by atoms with E-state index in [2.05, 4.69) is 0 Å². The van der Waals surface area contributed by atoms with Gasteiger partial charge in [-0.25, -0.2) is 0 Å². The summed E-state index contributed by atoms with van der Waals surface area (Å²) in [5.41, 5.74) is -2.14. The molecule has 194 valence electrons. The van der Waals surface area contributed by atoms with Crippen LogP contribution in [0.2, 0.25) is 0 Å². The molecule has 0 spiro atoms. The Kier molecular flexibility index (Phi) is 9.16. The quantitative estimate of drug-likeness (QED) is 0.461. The standard InChI is InChI=1S/C26H42O8/c1-23(2,3)22(28)33-21(26(7)17-32-24(4,5)34-26)14-13-20(25(6,29)16-27)31-15-18-9-11-19(30-8)12-10-18/h9-12,20-21,27,29H,13-17H2,1-8H3/t20-,21+,25+,26-/m1/s1. The highest BCUT2D eigenvalue weighted by molar-refractivity contribution is 5.75. The van der Waals surface area contributed by atoms with Crippen LogP contribution >= 0.6 is 0 Å². The van der Waals surface area contributed by atoms with Crippen LogP contribution in [0.25, 0.3) is 0 Å². The van der Waals surface area contributed by atoms with E-state index in [9.17, 15) is 15.0 Å². The molecule has 0 bridgehead atoms. The molecule has 4 atom stereocenters. The first-order valence-electron chi connectivity index (χ1n) is 11.7. The fourth-order valence-electron chi connectivity index (χ4n) is 3.79. The fourth-order valence-corrected chi connectivity index (χ4v) is 3.79. The molecule has 1 fully saturated rings. The lowest BCUT2D eigenvalue weighted by molar-refractivity contribution is -0.200. The fraction of sp³-hybridized carbons (Fsp3) is 0.731. The number of aliphatic hydroxyl groups is 2. The molecule has 1 saturated heterocycles. The van der Waals surface area contributed by atoms with Crippen LogP contribution in [0.4, 0.5) is 0 Å². The molecule has 0 aromatic heterocycles. The van der Waals surface area contributed by atoms with Crippen LogP contribution in [-0.2, 0) is 30.3 Å². The van der Waals surface area contributed by atoms with Gasteiger partial charge in [0.1, 0.15) is 23.1 Å². The van der Waals surface area contributed by atoms with E-state index in [4.69, 9.17) is 23.7 Å². The third-order valence-corrected chi connectivity index (χ3v) is 6.04. The van der Waals surface area contributed by atoms with Crippen molar-refractivity contribution in [2.45, 2.75) is 97.1 Å². The Hall–Kier alpha value is -1.71. The van der Waals surface area contributed by atoms with E-state index in [1.807, 2.05) is 45.0 Å². The summed E-state index contributed by atoms with van der Waals surface area (Å²) in [5.74, 6) is -0.417. The van der Waals surface area contributed by atoms with Gasteiger partial charge < -0.3 is 33.9 Å². The second-order valence-corrected chi connectivity index (χ2v) is 11.0. The average molecular weight is 483 g/mol. The number of methoxy groups -OCH3 is 1. The highest BCUT2D eigenvalue weighted by Crippen LogP contribution is 2.37. The van der Waals surface area contributed by atoms with Crippen molar-refractivity contribution in [3.63, 3.8) is 0 Å². The SMILES string of the molecule is COc1ccc(CO[C@H](CC[C@H](OC(=O)C(C)(C)C)[C@@]2(C)COC(C)(C)O2)[C@@](C)(O)CO)cc1. The van der Waals surface area contributed by atoms with Gasteiger partial charge in [0, 0.05) is 0 Å². The number of hydrogen-bond acceptors (Lipinski definition) is 8. The van der Waals surface area contributed by atoms with Crippen molar-refractivity contribution in [2.24, 2.45) is 5.41 Å². The lowest BCUT2D eigenvalue weighted by atomic mass is 9.89. The molecule has 0 aliphatic carbocycles. The summed E-state index contributed by atoms with van der Waals surface area (Å²) in [6.07, 6.45) is -0.677. The Morgan fingerprint density at radius 1 is 1.12 bits per heavy atom. The Morgan fingerprint density at radius 3 is 2.21 bits per heavy atom. The van der Waals surface area contributed by atoms with E-state index < -0.39 is 41.2 Å². The minimum atomic E-state index is -1.49. The second kappa shape index (κ2) is 10.9. The number of ether oxygens (including phenoxy) is 5. The molecule has 0 amide bonds. The number of benzene rings is 1. The van der Waals surface area contributed by atoms with E-state index in [0.29, 0.717) is 12.8 Å². The molecule has 2 N–H and O–H groups in total. The van der Waals surface area contributed by atoms with Gasteiger partial charge in [0.25, 0.3) is 0 Å². The zero-order chi connectivity index (χ0) is 25.8. The van der Waals surface area contributed by atoms with E-state index in [0.717, 1.165) is 11.3 Å². The molecular formula is C26H42O8. The summed E-state index contributed by atoms with van der Waals surface area (Å²) in [6.45, 7) is 12.4. The molecule has 0 radical (unpaired) electrons. The van der Waals surface area contributed by atoms with Gasteiger partial charge in [0.05, 0.1) is 38.4 Å². The highest BCUT2D eigenvalue weighted by Gasteiger charge is 2.50. The molecular weight excluding hydrogens is 440 g/mol. The van der Waals surface area contributed by atoms with Crippen molar-refractivity contribution in [3.8, 4) is 5.75 Å². The summed E-state index contributed by atoms with van der Waals surface area (Å²) in [7, 11) is 1.60. The summed E-state index contributed by atoms with van der Waals surface area (Å²) >= 11 is 0. The summed E-state index contributed by atoms with van der Waals surface area (Å²) in [5, 5.41) is 20.6. The van der Waals surface area contributed by atoms with Gasteiger partial charge in [0.15, 0.2) is 5.79 Å². The van der Waals surface area contributed by atoms with Crippen LogP contribution in [0.15, 0.2) is 24.3 Å². The lowest BCUT2D eigenvalue weighted by Crippen LogP contribution is -2.49. The minimum absolute atomic E-state index is 0.237. The average Bonchev–Trinajstić information content (AvgIpc) is 3.05. The van der Waals surface area contributed by atoms with E-state index in [1.165, 1.54) is 6.92 Å². The van der Waals surface area contributed by atoms with Gasteiger partial charge in [-0.3, -0.25) is 4.79 Å². The molecule has 1 aromatic rings. The summed E-state index contributed by atoms with van der Waals surface area (Å²) in [6, 6.07) is 7.42. The van der Waals surface area contributed by atoms with Gasteiger partial charge in [-0.2, -0.15) is 0 Å². The van der Waals surface area contributed by atoms with Crippen molar-refractivity contribution in [1.82, 2.24) is 0 Å². The first-order chi connectivity index (χ1) is 15.6. The van der Waals surface area contributed by atoms with Crippen LogP contribution in [0, 0.1) is 5.41 Å². The van der Waals surface area contributed by atoms with Crippen LogP contribution in [0.3, 0.4) is 0 Å². The van der Waals surface area contributed by atoms with Gasteiger partial charge in [-0.1, -0.05) is 12.1 Å². The van der Waals surface area contributed by atoms with Crippen LogP contribution in [0.5, 0.6) is 5.75 Å². The third kappa shape index (κ3) is 7.65. The molecule has 1 aliphatic rings. The van der Waals surface area contributed by atoms with Crippen molar-refractivity contribution >= 4 is 5.97 Å². The van der Waals surface area contributed by atoms with Crippen molar-refractivity contribution in [3.05, 3.63) is 29.8 Å². The molecule has 8 nitrogen and oxygen atoms in total. The van der Waals surface area contributed by atoms with Crippen molar-refractivity contribution in [2.75, 3.05) is 20.3 Å². The largest absolute Gasteiger partial charge is 0.497 e. The van der Waals surface area contributed by atoms with Crippen LogP contribution in [0.1, 0.15) is 66.9 Å². The predicted molar refractivity (Wildman–Crippen MR) is 127 cm³/mol. The maximum absolute atomic E-state index is 12.7. The van der Waals surface area contributed by atoms with Gasteiger partial charge in [-0.15, -0.1) is 0 Å². The van der Waals surface area contributed by atoms with Crippen molar-refractivity contribution in [1.29, 1.82) is 0 Å². The Morgan fingerprint density at radius 2 is 1.74 bits per heavy atom. The zero-order valence-corrected chi connectivity index (χ0v) is 21.8. The smallest absolute Gasteiger partial charge is 0.311 e. The maximum Gasteiger partial charge on any atom is 0.311 e. The number of rotatable bonds is 11. The first-order valence-corrected chi connectivity index (χ1v) is 11.7. The first kappa shape index (κ1) is 28.5. The number of esters is 1. The monoisotopic (exact) mass is 482 g/mol. The topological polar surface area (TPSA) is 104 Å². The van der Waals surface area contributed by atoms with Crippen LogP contribution in [-0.4, -0.2) is 65.7 Å². The Bertz CT molecular complexity index is 796. The molecule has 0 unspecified atom stereocenters. The molecule has 34 heavy (non-hydrogen) atoms. The van der Waals surface area contributed by atoms with E-state index in [-0.39, 0.29) is 19.2 Å². The molecule has 1 aromatic carbocycles. The zero-order valence-electron chi connectivity index (χ0n) is 21.8. The number of hydrogen-bond donors (Lipinski definition) is 2. The van der Waals surface area contributed by atoms with Gasteiger partial charge in [0.2, 0.25) is 0 Å². The summed E-state index contributed by atoms with van der Waals surface area (Å²) < 4.78 is 29.1. The third-order valence-electron chi connectivity index (χ3n) is 6.04. The normalized spacial score (nSPS) is 23.7. The Balaban J connectivity index is 2.17.